The summed E-state index contributed by atoms with van der Waals surface area (Å²) in [5.74, 6) is 1.31. The number of fused-ring (bicyclic) bond motifs is 2. The summed E-state index contributed by atoms with van der Waals surface area (Å²) in [6.45, 7) is 1.94. The SMILES string of the molecule is O=C1C[C@@H]2CCN(C(=O)c3cccs3)C[C@@H]2CCOc2ccc(-c3ccccc3)cc2N1. The molecule has 3 heterocycles. The molecule has 5 rings (SSSR count). The van der Waals surface area contributed by atoms with E-state index in [1.165, 1.54) is 11.3 Å². The molecule has 1 fully saturated rings. The summed E-state index contributed by atoms with van der Waals surface area (Å²) in [4.78, 5) is 28.5. The maximum atomic E-state index is 12.9. The second-order valence-corrected chi connectivity index (χ2v) is 9.45. The fourth-order valence-electron chi connectivity index (χ4n) is 4.74. The molecular weight excluding hydrogens is 420 g/mol. The van der Waals surface area contributed by atoms with E-state index in [9.17, 15) is 9.59 Å². The number of piperidine rings is 1. The smallest absolute Gasteiger partial charge is 0.263 e. The molecule has 0 aliphatic carbocycles. The number of rotatable bonds is 2. The highest BCUT2D eigenvalue weighted by molar-refractivity contribution is 7.12. The van der Waals surface area contributed by atoms with Crippen LogP contribution in [0.25, 0.3) is 11.1 Å². The van der Waals surface area contributed by atoms with Gasteiger partial charge in [-0.25, -0.2) is 0 Å². The number of likely N-dealkylation sites (tertiary alicyclic amines) is 1. The van der Waals surface area contributed by atoms with Gasteiger partial charge in [-0.2, -0.15) is 0 Å². The number of nitrogens with zero attached hydrogens (tertiary/aromatic N) is 1. The van der Waals surface area contributed by atoms with E-state index >= 15 is 0 Å². The van der Waals surface area contributed by atoms with E-state index in [1.54, 1.807) is 0 Å². The van der Waals surface area contributed by atoms with Crippen LogP contribution in [0, 0.1) is 11.8 Å². The summed E-state index contributed by atoms with van der Waals surface area (Å²) in [6.07, 6.45) is 2.14. The average Bonchev–Trinajstić information content (AvgIpc) is 3.36. The molecule has 0 saturated carbocycles. The summed E-state index contributed by atoms with van der Waals surface area (Å²) in [6, 6.07) is 19.9. The third kappa shape index (κ3) is 4.41. The zero-order valence-corrected chi connectivity index (χ0v) is 18.6. The van der Waals surface area contributed by atoms with E-state index in [0.717, 1.165) is 34.5 Å². The van der Waals surface area contributed by atoms with Crippen LogP contribution in [0.1, 0.15) is 28.9 Å². The van der Waals surface area contributed by atoms with Crippen molar-refractivity contribution in [3.05, 3.63) is 70.9 Å². The van der Waals surface area contributed by atoms with E-state index in [-0.39, 0.29) is 23.7 Å². The quantitative estimate of drug-likeness (QED) is 0.581. The first-order chi connectivity index (χ1) is 15.7. The fourth-order valence-corrected chi connectivity index (χ4v) is 5.43. The Morgan fingerprint density at radius 3 is 2.69 bits per heavy atom. The van der Waals surface area contributed by atoms with Crippen LogP contribution in [0.5, 0.6) is 5.75 Å². The lowest BCUT2D eigenvalue weighted by Crippen LogP contribution is -2.45. The second kappa shape index (κ2) is 9.17. The van der Waals surface area contributed by atoms with Gasteiger partial charge in [0.05, 0.1) is 17.2 Å². The number of carbonyl (C=O) groups excluding carboxylic acids is 2. The van der Waals surface area contributed by atoms with Crippen molar-refractivity contribution >= 4 is 28.8 Å². The summed E-state index contributed by atoms with van der Waals surface area (Å²) >= 11 is 1.48. The highest BCUT2D eigenvalue weighted by Crippen LogP contribution is 2.35. The largest absolute Gasteiger partial charge is 0.491 e. The van der Waals surface area contributed by atoms with Gasteiger partial charge in [0, 0.05) is 19.5 Å². The molecule has 1 N–H and O–H groups in total. The standard InChI is InChI=1S/C26H26N2O3S/c29-25-16-20-10-12-28(26(30)24-7-4-14-32-24)17-21(20)11-13-31-23-9-8-19(15-22(23)27-25)18-5-2-1-3-6-18/h1-9,14-15,20-21H,10-13,16-17H2,(H,27,29)/t20-,21-/m0/s1. The van der Waals surface area contributed by atoms with Crippen molar-refractivity contribution in [1.82, 2.24) is 4.90 Å². The molecule has 2 aliphatic heterocycles. The van der Waals surface area contributed by atoms with Gasteiger partial charge in [-0.05, 0) is 59.4 Å². The minimum Gasteiger partial charge on any atom is -0.491 e. The molecule has 1 aromatic heterocycles. The molecule has 1 saturated heterocycles. The van der Waals surface area contributed by atoms with Gasteiger partial charge in [-0.3, -0.25) is 9.59 Å². The predicted molar refractivity (Wildman–Crippen MR) is 127 cm³/mol. The average molecular weight is 447 g/mol. The van der Waals surface area contributed by atoms with Gasteiger partial charge in [0.15, 0.2) is 0 Å². The monoisotopic (exact) mass is 446 g/mol. The molecule has 2 aromatic carbocycles. The Balaban J connectivity index is 1.33. The zero-order valence-electron chi connectivity index (χ0n) is 17.8. The van der Waals surface area contributed by atoms with Crippen LogP contribution in [0.3, 0.4) is 0 Å². The molecule has 2 amide bonds. The molecule has 5 nitrogen and oxygen atoms in total. The van der Waals surface area contributed by atoms with Crippen molar-refractivity contribution < 1.29 is 14.3 Å². The molecule has 2 atom stereocenters. The van der Waals surface area contributed by atoms with Gasteiger partial charge in [0.2, 0.25) is 5.91 Å². The Morgan fingerprint density at radius 2 is 1.88 bits per heavy atom. The molecule has 0 unspecified atom stereocenters. The van der Waals surface area contributed by atoms with Crippen LogP contribution in [-0.4, -0.2) is 36.4 Å². The van der Waals surface area contributed by atoms with Gasteiger partial charge in [-0.1, -0.05) is 42.5 Å². The first-order valence-corrected chi connectivity index (χ1v) is 12.0. The van der Waals surface area contributed by atoms with Gasteiger partial charge in [0.1, 0.15) is 5.75 Å². The van der Waals surface area contributed by atoms with Gasteiger partial charge < -0.3 is 15.0 Å². The Bertz CT molecular complexity index is 1100. The Kier molecular flexibility index (Phi) is 5.95. The van der Waals surface area contributed by atoms with Crippen LogP contribution < -0.4 is 10.1 Å². The second-order valence-electron chi connectivity index (χ2n) is 8.50. The van der Waals surface area contributed by atoms with Gasteiger partial charge in [-0.15, -0.1) is 11.3 Å². The zero-order chi connectivity index (χ0) is 21.9. The Hall–Kier alpha value is -3.12. The molecule has 32 heavy (non-hydrogen) atoms. The molecule has 164 valence electrons. The normalized spacial score (nSPS) is 21.0. The van der Waals surface area contributed by atoms with Crippen LogP contribution in [0.15, 0.2) is 66.0 Å². The number of anilines is 1. The lowest BCUT2D eigenvalue weighted by atomic mass is 9.81. The summed E-state index contributed by atoms with van der Waals surface area (Å²) in [5.41, 5.74) is 2.87. The molecular formula is C26H26N2O3S. The number of nitrogens with one attached hydrogen (secondary N) is 1. The number of carbonyl (C=O) groups is 2. The minimum atomic E-state index is 0.00925. The fraction of sp³-hybridized carbons (Fsp3) is 0.308. The third-order valence-corrected chi connectivity index (χ3v) is 7.32. The number of hydrogen-bond donors (Lipinski definition) is 1. The van der Waals surface area contributed by atoms with E-state index in [4.69, 9.17) is 4.74 Å². The highest BCUT2D eigenvalue weighted by atomic mass is 32.1. The van der Waals surface area contributed by atoms with E-state index < -0.39 is 0 Å². The van der Waals surface area contributed by atoms with Crippen LogP contribution in [0.4, 0.5) is 5.69 Å². The van der Waals surface area contributed by atoms with Crippen molar-refractivity contribution in [2.75, 3.05) is 25.0 Å². The first-order valence-electron chi connectivity index (χ1n) is 11.1. The van der Waals surface area contributed by atoms with Crippen molar-refractivity contribution in [3.63, 3.8) is 0 Å². The number of thiophene rings is 1. The third-order valence-electron chi connectivity index (χ3n) is 6.47. The van der Waals surface area contributed by atoms with Crippen LogP contribution in [0.2, 0.25) is 0 Å². The molecule has 3 aromatic rings. The lowest BCUT2D eigenvalue weighted by Gasteiger charge is -2.38. The number of ether oxygens (including phenoxy) is 1. The predicted octanol–water partition coefficient (Wildman–Crippen LogP) is 5.30. The molecule has 2 aliphatic rings. The van der Waals surface area contributed by atoms with E-state index in [0.29, 0.717) is 31.9 Å². The van der Waals surface area contributed by atoms with E-state index in [2.05, 4.69) is 17.4 Å². The minimum absolute atomic E-state index is 0.00925. The topological polar surface area (TPSA) is 58.6 Å². The van der Waals surface area contributed by atoms with E-state index in [1.807, 2.05) is 58.8 Å². The maximum absolute atomic E-state index is 12.9. The summed E-state index contributed by atoms with van der Waals surface area (Å²) in [7, 11) is 0. The summed E-state index contributed by atoms with van der Waals surface area (Å²) < 4.78 is 6.10. The van der Waals surface area contributed by atoms with Crippen molar-refractivity contribution in [1.29, 1.82) is 0 Å². The maximum Gasteiger partial charge on any atom is 0.263 e. The highest BCUT2D eigenvalue weighted by Gasteiger charge is 2.34. The lowest BCUT2D eigenvalue weighted by molar-refractivity contribution is -0.118. The number of amides is 2. The molecule has 6 heteroatoms. The Labute approximate surface area is 192 Å². The van der Waals surface area contributed by atoms with Crippen molar-refractivity contribution in [2.45, 2.75) is 19.3 Å². The van der Waals surface area contributed by atoms with Crippen LogP contribution >= 0.6 is 11.3 Å². The Morgan fingerprint density at radius 1 is 1.00 bits per heavy atom. The van der Waals surface area contributed by atoms with Gasteiger partial charge in [0.25, 0.3) is 5.91 Å². The first kappa shape index (κ1) is 20.8. The van der Waals surface area contributed by atoms with Crippen molar-refractivity contribution in [2.24, 2.45) is 11.8 Å². The number of hydrogen-bond acceptors (Lipinski definition) is 4. The molecule has 0 bridgehead atoms. The molecule has 0 radical (unpaired) electrons. The van der Waals surface area contributed by atoms with Crippen molar-refractivity contribution in [3.8, 4) is 16.9 Å². The number of benzene rings is 2. The van der Waals surface area contributed by atoms with Crippen LogP contribution in [-0.2, 0) is 4.79 Å². The molecule has 0 spiro atoms. The van der Waals surface area contributed by atoms with Gasteiger partial charge >= 0.3 is 0 Å². The summed E-state index contributed by atoms with van der Waals surface area (Å²) in [5, 5.41) is 5.02.